The van der Waals surface area contributed by atoms with Crippen molar-refractivity contribution in [1.29, 1.82) is 0 Å². The van der Waals surface area contributed by atoms with E-state index in [4.69, 9.17) is 10.8 Å². The summed E-state index contributed by atoms with van der Waals surface area (Å²) in [5, 5.41) is 11.7. The second kappa shape index (κ2) is 5.29. The Morgan fingerprint density at radius 1 is 1.46 bits per heavy atom. The van der Waals surface area contributed by atoms with Crippen molar-refractivity contribution in [2.45, 2.75) is 6.42 Å². The largest absolute Gasteiger partial charge is 0.397 e. The Morgan fingerprint density at radius 2 is 2.23 bits per heavy atom. The molecule has 0 heterocycles. The monoisotopic (exact) mass is 292 g/mol. The normalized spacial score (nSPS) is 10.0. The molecule has 0 unspecified atom stereocenters. The van der Waals surface area contributed by atoms with Gasteiger partial charge in [-0.1, -0.05) is 0 Å². The molecule has 0 saturated heterocycles. The molecule has 1 aromatic carbocycles. The second-order valence-corrected chi connectivity index (χ2v) is 3.98. The quantitative estimate of drug-likeness (QED) is 0.449. The van der Waals surface area contributed by atoms with Crippen LogP contribution >= 0.6 is 22.6 Å². The summed E-state index contributed by atoms with van der Waals surface area (Å²) in [5.41, 5.74) is 7.47. The van der Waals surface area contributed by atoms with Crippen molar-refractivity contribution in [3.8, 4) is 0 Å². The van der Waals surface area contributed by atoms with E-state index < -0.39 is 0 Å². The average molecular weight is 292 g/mol. The standard InChI is InChI=1S/C9H13IN2O/c10-7-2-3-9(8(11)6-7)12-4-1-5-13/h2-3,6,12-13H,1,4-5,11H2. The molecule has 0 atom stereocenters. The maximum absolute atomic E-state index is 8.59. The molecule has 0 fully saturated rings. The van der Waals surface area contributed by atoms with Crippen molar-refractivity contribution in [1.82, 2.24) is 0 Å². The third-order valence-electron chi connectivity index (χ3n) is 1.66. The molecule has 0 radical (unpaired) electrons. The number of benzene rings is 1. The number of anilines is 2. The van der Waals surface area contributed by atoms with Crippen molar-refractivity contribution < 1.29 is 5.11 Å². The van der Waals surface area contributed by atoms with Gasteiger partial charge in [-0.2, -0.15) is 0 Å². The zero-order valence-corrected chi connectivity index (χ0v) is 9.41. The number of aliphatic hydroxyl groups excluding tert-OH is 1. The first-order valence-electron chi connectivity index (χ1n) is 4.14. The fourth-order valence-electron chi connectivity index (χ4n) is 0.997. The number of aliphatic hydroxyl groups is 1. The van der Waals surface area contributed by atoms with Gasteiger partial charge in [0.15, 0.2) is 0 Å². The highest BCUT2D eigenvalue weighted by molar-refractivity contribution is 14.1. The van der Waals surface area contributed by atoms with Crippen molar-refractivity contribution in [2.75, 3.05) is 24.2 Å². The van der Waals surface area contributed by atoms with Crippen LogP contribution in [0.2, 0.25) is 0 Å². The van der Waals surface area contributed by atoms with Gasteiger partial charge in [-0.25, -0.2) is 0 Å². The first-order valence-corrected chi connectivity index (χ1v) is 5.21. The van der Waals surface area contributed by atoms with Gasteiger partial charge in [-0.15, -0.1) is 0 Å². The predicted octanol–water partition coefficient (Wildman–Crippen LogP) is 1.67. The number of rotatable bonds is 4. The van der Waals surface area contributed by atoms with Crippen LogP contribution in [0.4, 0.5) is 11.4 Å². The zero-order chi connectivity index (χ0) is 9.68. The summed E-state index contributed by atoms with van der Waals surface area (Å²) in [5.74, 6) is 0. The lowest BCUT2D eigenvalue weighted by molar-refractivity contribution is 0.292. The number of nitrogen functional groups attached to an aromatic ring is 1. The molecule has 72 valence electrons. The molecular weight excluding hydrogens is 279 g/mol. The molecule has 13 heavy (non-hydrogen) atoms. The molecule has 1 aromatic rings. The highest BCUT2D eigenvalue weighted by atomic mass is 127. The Hall–Kier alpha value is -0.490. The number of halogens is 1. The van der Waals surface area contributed by atoms with Gasteiger partial charge < -0.3 is 16.2 Å². The van der Waals surface area contributed by atoms with Gasteiger partial charge in [0.05, 0.1) is 11.4 Å². The first kappa shape index (κ1) is 10.6. The van der Waals surface area contributed by atoms with Gasteiger partial charge in [0, 0.05) is 16.7 Å². The van der Waals surface area contributed by atoms with E-state index in [9.17, 15) is 0 Å². The Kier molecular flexibility index (Phi) is 4.31. The van der Waals surface area contributed by atoms with Crippen LogP contribution in [0, 0.1) is 3.57 Å². The van der Waals surface area contributed by atoms with Crippen LogP contribution in [0.5, 0.6) is 0 Å². The van der Waals surface area contributed by atoms with Gasteiger partial charge in [0.1, 0.15) is 0 Å². The Balaban J connectivity index is 2.56. The van der Waals surface area contributed by atoms with Crippen LogP contribution in [0.3, 0.4) is 0 Å². The SMILES string of the molecule is Nc1cc(I)ccc1NCCCO. The summed E-state index contributed by atoms with van der Waals surface area (Å²) >= 11 is 2.22. The number of hydrogen-bond acceptors (Lipinski definition) is 3. The van der Waals surface area contributed by atoms with E-state index in [1.165, 1.54) is 0 Å². The van der Waals surface area contributed by atoms with Crippen molar-refractivity contribution in [2.24, 2.45) is 0 Å². The topological polar surface area (TPSA) is 58.3 Å². The number of nitrogens with one attached hydrogen (secondary N) is 1. The molecule has 0 aliphatic carbocycles. The third kappa shape index (κ3) is 3.40. The minimum absolute atomic E-state index is 0.206. The number of hydrogen-bond donors (Lipinski definition) is 3. The average Bonchev–Trinajstić information content (AvgIpc) is 2.09. The van der Waals surface area contributed by atoms with Crippen molar-refractivity contribution >= 4 is 34.0 Å². The molecule has 1 rings (SSSR count). The van der Waals surface area contributed by atoms with Gasteiger partial charge in [-0.05, 0) is 47.2 Å². The minimum Gasteiger partial charge on any atom is -0.397 e. The lowest BCUT2D eigenvalue weighted by Crippen LogP contribution is -2.05. The molecule has 0 aliphatic heterocycles. The molecule has 0 spiro atoms. The highest BCUT2D eigenvalue weighted by Gasteiger charge is 1.97. The molecule has 4 N–H and O–H groups in total. The lowest BCUT2D eigenvalue weighted by Gasteiger charge is -2.08. The van der Waals surface area contributed by atoms with Crippen LogP contribution in [0.25, 0.3) is 0 Å². The van der Waals surface area contributed by atoms with Crippen molar-refractivity contribution in [3.05, 3.63) is 21.8 Å². The third-order valence-corrected chi connectivity index (χ3v) is 2.33. The Bertz CT molecular complexity index is 278. The van der Waals surface area contributed by atoms with E-state index in [1.54, 1.807) is 0 Å². The van der Waals surface area contributed by atoms with Crippen molar-refractivity contribution in [3.63, 3.8) is 0 Å². The van der Waals surface area contributed by atoms with Crippen LogP contribution in [-0.2, 0) is 0 Å². The maximum Gasteiger partial charge on any atom is 0.0574 e. The van der Waals surface area contributed by atoms with Crippen LogP contribution in [0.15, 0.2) is 18.2 Å². The maximum atomic E-state index is 8.59. The summed E-state index contributed by atoms with van der Waals surface area (Å²) in [4.78, 5) is 0. The predicted molar refractivity (Wildman–Crippen MR) is 63.8 cm³/mol. The van der Waals surface area contributed by atoms with Gasteiger partial charge in [-0.3, -0.25) is 0 Å². The van der Waals surface area contributed by atoms with Crippen LogP contribution < -0.4 is 11.1 Å². The van der Waals surface area contributed by atoms with E-state index in [0.29, 0.717) is 0 Å². The summed E-state index contributed by atoms with van der Waals surface area (Å²) < 4.78 is 1.13. The molecule has 3 nitrogen and oxygen atoms in total. The summed E-state index contributed by atoms with van der Waals surface area (Å²) in [6, 6.07) is 5.87. The van der Waals surface area contributed by atoms with E-state index in [1.807, 2.05) is 18.2 Å². The smallest absolute Gasteiger partial charge is 0.0574 e. The van der Waals surface area contributed by atoms with Gasteiger partial charge in [0.2, 0.25) is 0 Å². The second-order valence-electron chi connectivity index (χ2n) is 2.74. The first-order chi connectivity index (χ1) is 6.24. The van der Waals surface area contributed by atoms with E-state index in [2.05, 4.69) is 27.9 Å². The van der Waals surface area contributed by atoms with E-state index in [0.717, 1.165) is 27.9 Å². The molecule has 0 saturated carbocycles. The van der Waals surface area contributed by atoms with E-state index in [-0.39, 0.29) is 6.61 Å². The fourth-order valence-corrected chi connectivity index (χ4v) is 1.51. The molecule has 0 bridgehead atoms. The van der Waals surface area contributed by atoms with Crippen LogP contribution in [-0.4, -0.2) is 18.3 Å². The summed E-state index contributed by atoms with van der Waals surface area (Å²) in [6.07, 6.45) is 0.741. The number of nitrogens with two attached hydrogens (primary N) is 1. The lowest BCUT2D eigenvalue weighted by atomic mass is 10.2. The Morgan fingerprint density at radius 3 is 2.85 bits per heavy atom. The molecule has 0 aromatic heterocycles. The minimum atomic E-state index is 0.206. The van der Waals surface area contributed by atoms with Crippen LogP contribution in [0.1, 0.15) is 6.42 Å². The molecular formula is C9H13IN2O. The molecule has 0 aliphatic rings. The van der Waals surface area contributed by atoms with Gasteiger partial charge in [0.25, 0.3) is 0 Å². The summed E-state index contributed by atoms with van der Waals surface area (Å²) in [7, 11) is 0. The van der Waals surface area contributed by atoms with Gasteiger partial charge >= 0.3 is 0 Å². The molecule has 0 amide bonds. The Labute approximate surface area is 91.5 Å². The summed E-state index contributed by atoms with van der Waals surface area (Å²) in [6.45, 7) is 0.957. The molecule has 4 heteroatoms. The van der Waals surface area contributed by atoms with E-state index >= 15 is 0 Å². The zero-order valence-electron chi connectivity index (χ0n) is 7.26. The highest BCUT2D eigenvalue weighted by Crippen LogP contribution is 2.20. The fraction of sp³-hybridized carbons (Fsp3) is 0.333.